The molecule has 1 aromatic rings. The molecule has 3 heteroatoms. The summed E-state index contributed by atoms with van der Waals surface area (Å²) in [6.07, 6.45) is 4.04. The zero-order valence-corrected chi connectivity index (χ0v) is 9.05. The summed E-state index contributed by atoms with van der Waals surface area (Å²) in [4.78, 5) is 0. The molecule has 2 bridgehead atoms. The zero-order chi connectivity index (χ0) is 11.1. The van der Waals surface area contributed by atoms with E-state index in [1.54, 1.807) is 0 Å². The molecule has 0 amide bonds. The Morgan fingerprint density at radius 2 is 1.56 bits per heavy atom. The summed E-state index contributed by atoms with van der Waals surface area (Å²) in [7, 11) is 0. The molecule has 2 fully saturated rings. The molecule has 1 unspecified atom stereocenters. The van der Waals surface area contributed by atoms with E-state index in [2.05, 4.69) is 5.32 Å². The van der Waals surface area contributed by atoms with Crippen LogP contribution in [0.25, 0.3) is 0 Å². The predicted molar refractivity (Wildman–Crippen MR) is 58.3 cm³/mol. The first-order valence-electron chi connectivity index (χ1n) is 5.94. The van der Waals surface area contributed by atoms with Gasteiger partial charge in [-0.05, 0) is 43.7 Å². The van der Waals surface area contributed by atoms with Crippen molar-refractivity contribution in [2.45, 2.75) is 43.7 Å². The molecule has 2 aliphatic heterocycles. The molecule has 1 N–H and O–H groups in total. The molecule has 2 heterocycles. The Balaban J connectivity index is 1.92. The van der Waals surface area contributed by atoms with Crippen molar-refractivity contribution in [1.82, 2.24) is 5.32 Å². The van der Waals surface area contributed by atoms with E-state index in [9.17, 15) is 8.78 Å². The van der Waals surface area contributed by atoms with Crippen LogP contribution in [0.2, 0.25) is 0 Å². The van der Waals surface area contributed by atoms with E-state index in [-0.39, 0.29) is 17.6 Å². The van der Waals surface area contributed by atoms with Gasteiger partial charge in [-0.1, -0.05) is 6.07 Å². The number of halogens is 2. The molecule has 0 aromatic heterocycles. The minimum atomic E-state index is -0.383. The fourth-order valence-electron chi connectivity index (χ4n) is 3.19. The number of hydrogen-bond acceptors (Lipinski definition) is 1. The van der Waals surface area contributed by atoms with Crippen molar-refractivity contribution in [2.24, 2.45) is 0 Å². The second-order valence-corrected chi connectivity index (χ2v) is 4.94. The van der Waals surface area contributed by atoms with E-state index in [1.165, 1.54) is 18.2 Å². The van der Waals surface area contributed by atoms with E-state index in [4.69, 9.17) is 0 Å². The third-order valence-corrected chi connectivity index (χ3v) is 3.88. The summed E-state index contributed by atoms with van der Waals surface area (Å²) >= 11 is 0. The van der Waals surface area contributed by atoms with Gasteiger partial charge in [0.1, 0.15) is 11.6 Å². The molecule has 3 rings (SSSR count). The molecule has 0 radical (unpaired) electrons. The Labute approximate surface area is 93.9 Å². The maximum atomic E-state index is 13.6. The lowest BCUT2D eigenvalue weighted by Gasteiger charge is -2.29. The largest absolute Gasteiger partial charge is 0.311 e. The Bertz CT molecular complexity index is 373. The number of rotatable bonds is 1. The van der Waals surface area contributed by atoms with Gasteiger partial charge < -0.3 is 5.32 Å². The van der Waals surface area contributed by atoms with Crippen LogP contribution in [0, 0.1) is 11.6 Å². The predicted octanol–water partition coefficient (Wildman–Crippen LogP) is 2.96. The van der Waals surface area contributed by atoms with Crippen molar-refractivity contribution in [3.05, 3.63) is 35.4 Å². The van der Waals surface area contributed by atoms with E-state index in [0.717, 1.165) is 25.7 Å². The summed E-state index contributed by atoms with van der Waals surface area (Å²) < 4.78 is 27.3. The topological polar surface area (TPSA) is 12.0 Å². The van der Waals surface area contributed by atoms with Crippen molar-refractivity contribution in [3.8, 4) is 0 Å². The van der Waals surface area contributed by atoms with Crippen LogP contribution in [0.5, 0.6) is 0 Å². The zero-order valence-electron chi connectivity index (χ0n) is 9.05. The highest BCUT2D eigenvalue weighted by Crippen LogP contribution is 2.38. The smallest absolute Gasteiger partial charge is 0.129 e. The average molecular weight is 223 g/mol. The Kier molecular flexibility index (Phi) is 2.43. The third-order valence-electron chi connectivity index (χ3n) is 3.88. The van der Waals surface area contributed by atoms with Gasteiger partial charge in [-0.2, -0.15) is 0 Å². The van der Waals surface area contributed by atoms with Gasteiger partial charge in [-0.25, -0.2) is 8.78 Å². The first-order chi connectivity index (χ1) is 7.74. The minimum absolute atomic E-state index is 0.0555. The van der Waals surface area contributed by atoms with Crippen LogP contribution in [0.1, 0.15) is 37.2 Å². The maximum absolute atomic E-state index is 13.6. The van der Waals surface area contributed by atoms with Gasteiger partial charge in [0, 0.05) is 17.6 Å². The SMILES string of the molecule is Fc1cccc(F)c1C1C[C@H]2CC[C@@H](C1)N2. The first-order valence-corrected chi connectivity index (χ1v) is 5.94. The van der Waals surface area contributed by atoms with Crippen molar-refractivity contribution < 1.29 is 8.78 Å². The summed E-state index contributed by atoms with van der Waals surface area (Å²) in [5.41, 5.74) is 0.306. The lowest BCUT2D eigenvalue weighted by atomic mass is 9.85. The second-order valence-electron chi connectivity index (χ2n) is 4.94. The lowest BCUT2D eigenvalue weighted by molar-refractivity contribution is 0.348. The van der Waals surface area contributed by atoms with Crippen LogP contribution in [0.4, 0.5) is 8.78 Å². The van der Waals surface area contributed by atoms with Gasteiger partial charge in [-0.3, -0.25) is 0 Å². The molecule has 2 saturated heterocycles. The highest BCUT2D eigenvalue weighted by atomic mass is 19.1. The Hall–Kier alpha value is -0.960. The first kappa shape index (κ1) is 10.2. The summed E-state index contributed by atoms with van der Waals surface area (Å²) in [6, 6.07) is 5.08. The fraction of sp³-hybridized carbons (Fsp3) is 0.538. The highest BCUT2D eigenvalue weighted by molar-refractivity contribution is 5.25. The molecular weight excluding hydrogens is 208 g/mol. The van der Waals surface area contributed by atoms with Crippen LogP contribution in [-0.2, 0) is 0 Å². The highest BCUT2D eigenvalue weighted by Gasteiger charge is 2.36. The number of fused-ring (bicyclic) bond motifs is 2. The van der Waals surface area contributed by atoms with Crippen LogP contribution in [0.3, 0.4) is 0 Å². The van der Waals surface area contributed by atoms with Gasteiger partial charge in [0.2, 0.25) is 0 Å². The van der Waals surface area contributed by atoms with Gasteiger partial charge >= 0.3 is 0 Å². The number of benzene rings is 1. The molecule has 0 aliphatic carbocycles. The van der Waals surface area contributed by atoms with Crippen LogP contribution in [0.15, 0.2) is 18.2 Å². The molecule has 2 aliphatic rings. The fourth-order valence-corrected chi connectivity index (χ4v) is 3.19. The molecule has 86 valence electrons. The van der Waals surface area contributed by atoms with E-state index in [0.29, 0.717) is 17.6 Å². The van der Waals surface area contributed by atoms with Gasteiger partial charge in [0.25, 0.3) is 0 Å². The molecule has 1 aromatic carbocycles. The van der Waals surface area contributed by atoms with Crippen LogP contribution < -0.4 is 5.32 Å². The maximum Gasteiger partial charge on any atom is 0.129 e. The molecule has 0 saturated carbocycles. The van der Waals surface area contributed by atoms with Crippen molar-refractivity contribution >= 4 is 0 Å². The van der Waals surface area contributed by atoms with Gasteiger partial charge in [0.05, 0.1) is 0 Å². The van der Waals surface area contributed by atoms with Crippen LogP contribution in [-0.4, -0.2) is 12.1 Å². The molecule has 1 nitrogen and oxygen atoms in total. The van der Waals surface area contributed by atoms with Crippen molar-refractivity contribution in [2.75, 3.05) is 0 Å². The van der Waals surface area contributed by atoms with Crippen molar-refractivity contribution in [1.29, 1.82) is 0 Å². The Morgan fingerprint density at radius 3 is 2.12 bits per heavy atom. The summed E-state index contributed by atoms with van der Waals surface area (Å²) in [5, 5.41) is 3.48. The lowest BCUT2D eigenvalue weighted by Crippen LogP contribution is -2.37. The number of hydrogen-bond donors (Lipinski definition) is 1. The minimum Gasteiger partial charge on any atom is -0.311 e. The second kappa shape index (κ2) is 3.81. The van der Waals surface area contributed by atoms with Crippen LogP contribution >= 0.6 is 0 Å². The monoisotopic (exact) mass is 223 g/mol. The quantitative estimate of drug-likeness (QED) is 0.771. The average Bonchev–Trinajstić information content (AvgIpc) is 2.58. The third kappa shape index (κ3) is 1.63. The molecular formula is C13H15F2N. The van der Waals surface area contributed by atoms with E-state index < -0.39 is 0 Å². The standard InChI is InChI=1S/C13H15F2N/c14-11-2-1-3-12(15)13(11)8-6-9-4-5-10(7-8)16-9/h1-3,8-10,16H,4-7H2/t8?,9-,10+. The summed E-state index contributed by atoms with van der Waals surface area (Å²) in [6.45, 7) is 0. The van der Waals surface area contributed by atoms with Gasteiger partial charge in [0.15, 0.2) is 0 Å². The Morgan fingerprint density at radius 1 is 1.00 bits per heavy atom. The normalized spacial score (nSPS) is 33.0. The van der Waals surface area contributed by atoms with E-state index in [1.807, 2.05) is 0 Å². The molecule has 3 atom stereocenters. The van der Waals surface area contributed by atoms with Crippen molar-refractivity contribution in [3.63, 3.8) is 0 Å². The molecule has 16 heavy (non-hydrogen) atoms. The van der Waals surface area contributed by atoms with Gasteiger partial charge in [-0.15, -0.1) is 0 Å². The number of piperidine rings is 1. The van der Waals surface area contributed by atoms with E-state index >= 15 is 0 Å². The number of nitrogens with one attached hydrogen (secondary N) is 1. The molecule has 0 spiro atoms. The summed E-state index contributed by atoms with van der Waals surface area (Å²) in [5.74, 6) is -0.711.